The first-order chi connectivity index (χ1) is 19.1. The molecule has 7 rings (SSSR count). The summed E-state index contributed by atoms with van der Waals surface area (Å²) in [5.74, 6) is 0.861. The number of H-pyrrole nitrogens is 1. The largest absolute Gasteiger partial charge is 0.340 e. The molecule has 2 aromatic carbocycles. The zero-order chi connectivity index (χ0) is 26.3. The van der Waals surface area contributed by atoms with Gasteiger partial charge >= 0.3 is 0 Å². The molecule has 0 radical (unpaired) electrons. The number of carbonyl (C=O) groups is 1. The van der Waals surface area contributed by atoms with Crippen LogP contribution >= 0.6 is 27.3 Å². The standard InChI is InChI=1S/C27H22BrN9OS/c28-18-5-3-4-17(10-18)27-30-19(16-39-27)11-26(38)35-8-9-37-24(14-35)20(12-29-37)23-13-36(34-33-23)15-25-31-21-6-1-2-7-22(21)32-25/h1-7,10,12-13,16H,8-9,11,14-15H2,(H,31,32). The molecular weight excluding hydrogens is 578 g/mol. The summed E-state index contributed by atoms with van der Waals surface area (Å²) in [4.78, 5) is 27.8. The van der Waals surface area contributed by atoms with Crippen molar-refractivity contribution in [3.05, 3.63) is 88.0 Å². The number of imidazole rings is 1. The van der Waals surface area contributed by atoms with Crippen LogP contribution in [0.4, 0.5) is 0 Å². The van der Waals surface area contributed by atoms with Crippen LogP contribution < -0.4 is 0 Å². The van der Waals surface area contributed by atoms with Gasteiger partial charge in [0.05, 0.1) is 54.3 Å². The molecule has 0 unspecified atom stereocenters. The third-order valence-electron chi connectivity index (χ3n) is 6.74. The van der Waals surface area contributed by atoms with E-state index in [0.717, 1.165) is 54.5 Å². The molecule has 39 heavy (non-hydrogen) atoms. The fourth-order valence-electron chi connectivity index (χ4n) is 4.81. The van der Waals surface area contributed by atoms with E-state index in [1.807, 2.05) is 75.9 Å². The van der Waals surface area contributed by atoms with Crippen LogP contribution in [0.1, 0.15) is 17.2 Å². The lowest BCUT2D eigenvalue weighted by atomic mass is 10.1. The molecule has 1 amide bonds. The lowest BCUT2D eigenvalue weighted by Crippen LogP contribution is -2.39. The normalized spacial score (nSPS) is 13.2. The van der Waals surface area contributed by atoms with E-state index in [1.54, 1.807) is 16.0 Å². The van der Waals surface area contributed by atoms with Gasteiger partial charge in [-0.1, -0.05) is 45.4 Å². The monoisotopic (exact) mass is 599 g/mol. The Kier molecular flexibility index (Phi) is 6.05. The van der Waals surface area contributed by atoms with Crippen LogP contribution in [0.15, 0.2) is 70.8 Å². The highest BCUT2D eigenvalue weighted by molar-refractivity contribution is 9.10. The summed E-state index contributed by atoms with van der Waals surface area (Å²) in [7, 11) is 0. The van der Waals surface area contributed by atoms with Gasteiger partial charge in [0.2, 0.25) is 5.91 Å². The van der Waals surface area contributed by atoms with Crippen LogP contribution in [-0.4, -0.2) is 57.1 Å². The number of rotatable bonds is 6. The van der Waals surface area contributed by atoms with Gasteiger partial charge in [0.1, 0.15) is 23.1 Å². The maximum atomic E-state index is 13.2. The van der Waals surface area contributed by atoms with Gasteiger partial charge < -0.3 is 9.88 Å². The molecule has 1 N–H and O–H groups in total. The number of benzene rings is 2. The van der Waals surface area contributed by atoms with Crippen LogP contribution in [0, 0.1) is 0 Å². The second-order valence-electron chi connectivity index (χ2n) is 9.38. The van der Waals surface area contributed by atoms with Crippen molar-refractivity contribution >= 4 is 44.2 Å². The topological polar surface area (TPSA) is 110 Å². The molecule has 0 saturated heterocycles. The number of amides is 1. The number of thiazole rings is 1. The SMILES string of the molecule is O=C(Cc1csc(-c2cccc(Br)c2)n1)N1CCn2ncc(-c3cn(Cc4nc5ccccc5[nH]4)nn3)c2C1. The number of nitrogens with zero attached hydrogens (tertiary/aromatic N) is 8. The van der Waals surface area contributed by atoms with Gasteiger partial charge in [0.25, 0.3) is 0 Å². The maximum Gasteiger partial charge on any atom is 0.229 e. The third kappa shape index (κ3) is 4.77. The van der Waals surface area contributed by atoms with E-state index in [4.69, 9.17) is 4.98 Å². The van der Waals surface area contributed by atoms with Gasteiger partial charge in [-0.3, -0.25) is 9.48 Å². The third-order valence-corrected chi connectivity index (χ3v) is 8.18. The van der Waals surface area contributed by atoms with Gasteiger partial charge in [-0.2, -0.15) is 5.10 Å². The van der Waals surface area contributed by atoms with Gasteiger partial charge in [0.15, 0.2) is 0 Å². The molecule has 0 saturated carbocycles. The van der Waals surface area contributed by atoms with Crippen molar-refractivity contribution in [2.45, 2.75) is 26.1 Å². The first-order valence-electron chi connectivity index (χ1n) is 12.5. The lowest BCUT2D eigenvalue weighted by molar-refractivity contribution is -0.132. The van der Waals surface area contributed by atoms with E-state index >= 15 is 0 Å². The predicted octanol–water partition coefficient (Wildman–Crippen LogP) is 4.54. The number of nitrogens with one attached hydrogen (secondary N) is 1. The summed E-state index contributed by atoms with van der Waals surface area (Å²) >= 11 is 5.06. The Morgan fingerprint density at radius 2 is 2.03 bits per heavy atom. The van der Waals surface area contributed by atoms with E-state index < -0.39 is 0 Å². The molecule has 12 heteroatoms. The van der Waals surface area contributed by atoms with Gasteiger partial charge in [0, 0.05) is 27.5 Å². The summed E-state index contributed by atoms with van der Waals surface area (Å²) in [5.41, 5.74) is 6.30. The Morgan fingerprint density at radius 1 is 1.10 bits per heavy atom. The van der Waals surface area contributed by atoms with E-state index in [2.05, 4.69) is 41.3 Å². The molecule has 0 bridgehead atoms. The second kappa shape index (κ2) is 9.86. The number of hydrogen-bond acceptors (Lipinski definition) is 7. The summed E-state index contributed by atoms with van der Waals surface area (Å²) < 4.78 is 4.71. The highest BCUT2D eigenvalue weighted by Crippen LogP contribution is 2.28. The molecule has 0 spiro atoms. The van der Waals surface area contributed by atoms with E-state index in [0.29, 0.717) is 26.2 Å². The molecule has 1 aliphatic rings. The maximum absolute atomic E-state index is 13.2. The molecule has 1 aliphatic heterocycles. The zero-order valence-corrected chi connectivity index (χ0v) is 23.1. The summed E-state index contributed by atoms with van der Waals surface area (Å²) in [5, 5.41) is 16.1. The van der Waals surface area contributed by atoms with Crippen molar-refractivity contribution in [3.8, 4) is 21.8 Å². The predicted molar refractivity (Wildman–Crippen MR) is 151 cm³/mol. The minimum Gasteiger partial charge on any atom is -0.340 e. The first kappa shape index (κ1) is 23.9. The van der Waals surface area contributed by atoms with Gasteiger partial charge in [-0.15, -0.1) is 16.4 Å². The van der Waals surface area contributed by atoms with Crippen molar-refractivity contribution in [1.29, 1.82) is 0 Å². The number of carbonyl (C=O) groups excluding carboxylic acids is 1. The number of halogens is 1. The van der Waals surface area contributed by atoms with Crippen LogP contribution in [0.5, 0.6) is 0 Å². The Balaban J connectivity index is 1.05. The number of aromatic amines is 1. The Morgan fingerprint density at radius 3 is 2.92 bits per heavy atom. The minimum atomic E-state index is 0.0491. The van der Waals surface area contributed by atoms with E-state index in [1.165, 1.54) is 0 Å². The number of para-hydroxylation sites is 2. The minimum absolute atomic E-state index is 0.0491. The van der Waals surface area contributed by atoms with E-state index in [9.17, 15) is 4.79 Å². The zero-order valence-electron chi connectivity index (χ0n) is 20.7. The fraction of sp³-hybridized carbons (Fsp3) is 0.185. The second-order valence-corrected chi connectivity index (χ2v) is 11.2. The van der Waals surface area contributed by atoms with E-state index in [-0.39, 0.29) is 12.3 Å². The Hall–Kier alpha value is -4.16. The average molecular weight is 601 g/mol. The molecule has 0 fully saturated rings. The van der Waals surface area contributed by atoms with Gasteiger partial charge in [-0.05, 0) is 24.3 Å². The molecular formula is C27H22BrN9OS. The van der Waals surface area contributed by atoms with Crippen molar-refractivity contribution in [2.75, 3.05) is 6.54 Å². The average Bonchev–Trinajstić information content (AvgIpc) is 3.74. The number of aromatic nitrogens is 8. The Bertz CT molecular complexity index is 1780. The quantitative estimate of drug-likeness (QED) is 0.301. The van der Waals surface area contributed by atoms with Crippen molar-refractivity contribution in [2.24, 2.45) is 0 Å². The van der Waals surface area contributed by atoms with Crippen molar-refractivity contribution < 1.29 is 4.79 Å². The van der Waals surface area contributed by atoms with Crippen LogP contribution in [0.2, 0.25) is 0 Å². The van der Waals surface area contributed by atoms with Crippen molar-refractivity contribution in [1.82, 2.24) is 44.6 Å². The molecule has 10 nitrogen and oxygen atoms in total. The van der Waals surface area contributed by atoms with Crippen LogP contribution in [0.25, 0.3) is 32.9 Å². The summed E-state index contributed by atoms with van der Waals surface area (Å²) in [6.45, 7) is 2.18. The molecule has 0 aliphatic carbocycles. The van der Waals surface area contributed by atoms with Crippen LogP contribution in [0.3, 0.4) is 0 Å². The Labute approximate surface area is 235 Å². The highest BCUT2D eigenvalue weighted by Gasteiger charge is 2.26. The van der Waals surface area contributed by atoms with Gasteiger partial charge in [-0.25, -0.2) is 14.6 Å². The first-order valence-corrected chi connectivity index (χ1v) is 14.1. The lowest BCUT2D eigenvalue weighted by Gasteiger charge is -2.28. The molecule has 0 atom stereocenters. The number of fused-ring (bicyclic) bond motifs is 2. The highest BCUT2D eigenvalue weighted by atomic mass is 79.9. The molecule has 6 aromatic rings. The smallest absolute Gasteiger partial charge is 0.229 e. The summed E-state index contributed by atoms with van der Waals surface area (Å²) in [6, 6.07) is 15.9. The molecule has 4 aromatic heterocycles. The number of hydrogen-bond donors (Lipinski definition) is 1. The van der Waals surface area contributed by atoms with Crippen molar-refractivity contribution in [3.63, 3.8) is 0 Å². The fourth-order valence-corrected chi connectivity index (χ4v) is 6.03. The molecule has 194 valence electrons. The molecule has 5 heterocycles. The van der Waals surface area contributed by atoms with Crippen LogP contribution in [-0.2, 0) is 30.8 Å². The summed E-state index contributed by atoms with van der Waals surface area (Å²) in [6.07, 6.45) is 3.97.